The molecule has 0 aromatic heterocycles. The summed E-state index contributed by atoms with van der Waals surface area (Å²) in [6.45, 7) is 3.66. The highest BCUT2D eigenvalue weighted by atomic mass is 16.5. The van der Waals surface area contributed by atoms with Crippen molar-refractivity contribution < 1.29 is 24.9 Å². The van der Waals surface area contributed by atoms with E-state index in [0.717, 1.165) is 18.4 Å². The molecule has 3 N–H and O–H groups in total. The molecule has 0 bridgehead atoms. The van der Waals surface area contributed by atoms with Gasteiger partial charge in [-0.15, -0.1) is 0 Å². The van der Waals surface area contributed by atoms with Gasteiger partial charge in [-0.1, -0.05) is 30.7 Å². The highest BCUT2D eigenvalue weighted by Gasteiger charge is 2.21. The summed E-state index contributed by atoms with van der Waals surface area (Å²) in [6, 6.07) is 0. The van der Waals surface area contributed by atoms with Gasteiger partial charge in [-0.05, 0) is 26.2 Å². The number of carbonyl (C=O) groups is 1. The van der Waals surface area contributed by atoms with Crippen LogP contribution < -0.4 is 0 Å². The summed E-state index contributed by atoms with van der Waals surface area (Å²) in [4.78, 5) is 10.4. The lowest BCUT2D eigenvalue weighted by atomic mass is 9.96. The Morgan fingerprint density at radius 2 is 2.00 bits per heavy atom. The summed E-state index contributed by atoms with van der Waals surface area (Å²) in [5, 5.41) is 27.7. The van der Waals surface area contributed by atoms with Crippen LogP contribution in [0.2, 0.25) is 0 Å². The quantitative estimate of drug-likeness (QED) is 0.402. The molecule has 0 fully saturated rings. The van der Waals surface area contributed by atoms with Crippen molar-refractivity contribution in [3.05, 3.63) is 23.8 Å². The van der Waals surface area contributed by atoms with Crippen LogP contribution in [0.5, 0.6) is 0 Å². The Balaban J connectivity index is 4.27. The maximum Gasteiger partial charge on any atom is 0.303 e. The van der Waals surface area contributed by atoms with E-state index in [1.165, 1.54) is 7.11 Å². The third kappa shape index (κ3) is 9.39. The van der Waals surface area contributed by atoms with Crippen molar-refractivity contribution in [3.63, 3.8) is 0 Å². The van der Waals surface area contributed by atoms with Crippen LogP contribution in [0.15, 0.2) is 23.8 Å². The van der Waals surface area contributed by atoms with Crippen molar-refractivity contribution in [3.8, 4) is 0 Å². The molecule has 0 aliphatic carbocycles. The molecule has 0 saturated carbocycles. The first-order valence-corrected chi connectivity index (χ1v) is 7.29. The van der Waals surface area contributed by atoms with E-state index in [-0.39, 0.29) is 18.9 Å². The van der Waals surface area contributed by atoms with Crippen LogP contribution in [0.3, 0.4) is 0 Å². The monoisotopic (exact) mass is 300 g/mol. The SMILES string of the molecule is COC(/C=C/CCCCC(=O)O)[C@@H](O)C(C)/C=C(/C)CO. The average molecular weight is 300 g/mol. The molecule has 0 aromatic rings. The first kappa shape index (κ1) is 19.8. The molecule has 3 atom stereocenters. The fourth-order valence-electron chi connectivity index (χ4n) is 2.00. The van der Waals surface area contributed by atoms with Gasteiger partial charge in [-0.2, -0.15) is 0 Å². The van der Waals surface area contributed by atoms with Gasteiger partial charge in [0.1, 0.15) is 6.10 Å². The van der Waals surface area contributed by atoms with E-state index in [4.69, 9.17) is 14.9 Å². The van der Waals surface area contributed by atoms with Gasteiger partial charge in [0.25, 0.3) is 0 Å². The molecular formula is C16H28O5. The van der Waals surface area contributed by atoms with Gasteiger partial charge in [0.15, 0.2) is 0 Å². The number of methoxy groups -OCH3 is 1. The van der Waals surface area contributed by atoms with Crippen molar-refractivity contribution in [1.29, 1.82) is 0 Å². The molecule has 5 heteroatoms. The number of rotatable bonds is 11. The highest BCUT2D eigenvalue weighted by molar-refractivity contribution is 5.66. The smallest absolute Gasteiger partial charge is 0.303 e. The summed E-state index contributed by atoms with van der Waals surface area (Å²) in [5.74, 6) is -0.900. The molecule has 0 rings (SSSR count). The van der Waals surface area contributed by atoms with Crippen LogP contribution in [-0.2, 0) is 9.53 Å². The molecule has 0 radical (unpaired) electrons. The third-order valence-corrected chi connectivity index (χ3v) is 3.28. The normalized spacial score (nSPS) is 16.9. The highest BCUT2D eigenvalue weighted by Crippen LogP contribution is 2.15. The predicted molar refractivity (Wildman–Crippen MR) is 82.1 cm³/mol. The van der Waals surface area contributed by atoms with Crippen molar-refractivity contribution in [2.24, 2.45) is 5.92 Å². The lowest BCUT2D eigenvalue weighted by molar-refractivity contribution is -0.137. The van der Waals surface area contributed by atoms with Gasteiger partial charge in [-0.3, -0.25) is 4.79 Å². The minimum atomic E-state index is -0.774. The second-order valence-corrected chi connectivity index (χ2v) is 5.29. The zero-order chi connectivity index (χ0) is 16.3. The van der Waals surface area contributed by atoms with Gasteiger partial charge in [-0.25, -0.2) is 0 Å². The lowest BCUT2D eigenvalue weighted by Gasteiger charge is -2.23. The minimum absolute atomic E-state index is 0.0197. The maximum absolute atomic E-state index is 10.4. The maximum atomic E-state index is 10.4. The number of allylic oxidation sites excluding steroid dienone is 1. The van der Waals surface area contributed by atoms with Crippen molar-refractivity contribution in [2.45, 2.75) is 51.7 Å². The summed E-state index contributed by atoms with van der Waals surface area (Å²) in [7, 11) is 1.54. The number of hydrogen-bond donors (Lipinski definition) is 3. The van der Waals surface area contributed by atoms with Crippen molar-refractivity contribution >= 4 is 5.97 Å². The molecular weight excluding hydrogens is 272 g/mol. The first-order valence-electron chi connectivity index (χ1n) is 7.29. The van der Waals surface area contributed by atoms with Gasteiger partial charge >= 0.3 is 5.97 Å². The summed E-state index contributed by atoms with van der Waals surface area (Å²) in [6.07, 6.45) is 6.85. The second kappa shape index (κ2) is 11.5. The Bertz CT molecular complexity index is 349. The molecule has 0 aliphatic heterocycles. The summed E-state index contributed by atoms with van der Waals surface area (Å²) >= 11 is 0. The lowest BCUT2D eigenvalue weighted by Crippen LogP contribution is -2.31. The fraction of sp³-hybridized carbons (Fsp3) is 0.688. The zero-order valence-corrected chi connectivity index (χ0v) is 13.2. The predicted octanol–water partition coefficient (Wildman–Crippen LogP) is 2.14. The number of aliphatic hydroxyl groups is 2. The average Bonchev–Trinajstić information content (AvgIpc) is 2.45. The Labute approximate surface area is 126 Å². The molecule has 0 heterocycles. The van der Waals surface area contributed by atoms with Gasteiger partial charge in [0.2, 0.25) is 0 Å². The van der Waals surface area contributed by atoms with Gasteiger partial charge < -0.3 is 20.1 Å². The Kier molecular flexibility index (Phi) is 10.8. The number of aliphatic carboxylic acids is 1. The standard InChI is InChI=1S/C16H28O5/c1-12(11-17)10-13(2)16(20)14(21-3)8-6-4-5-7-9-15(18)19/h6,8,10,13-14,16-17,20H,4-5,7,9,11H2,1-3H3,(H,18,19)/b8-6+,12-10-/t13?,14?,16-/m0/s1. The molecule has 0 amide bonds. The fourth-order valence-corrected chi connectivity index (χ4v) is 2.00. The van der Waals surface area contributed by atoms with Crippen LogP contribution >= 0.6 is 0 Å². The number of hydrogen-bond acceptors (Lipinski definition) is 4. The largest absolute Gasteiger partial charge is 0.481 e. The Morgan fingerprint density at radius 1 is 1.33 bits per heavy atom. The topological polar surface area (TPSA) is 87.0 Å². The van der Waals surface area contributed by atoms with E-state index >= 15 is 0 Å². The van der Waals surface area contributed by atoms with Crippen LogP contribution in [0.1, 0.15) is 39.5 Å². The summed E-state index contributed by atoms with van der Waals surface area (Å²) in [5.41, 5.74) is 0.814. The molecule has 2 unspecified atom stereocenters. The summed E-state index contributed by atoms with van der Waals surface area (Å²) < 4.78 is 5.27. The number of unbranched alkanes of at least 4 members (excludes halogenated alkanes) is 2. The van der Waals surface area contributed by atoms with E-state index < -0.39 is 18.2 Å². The molecule has 122 valence electrons. The van der Waals surface area contributed by atoms with Crippen molar-refractivity contribution in [2.75, 3.05) is 13.7 Å². The van der Waals surface area contributed by atoms with Crippen LogP contribution in [0, 0.1) is 5.92 Å². The van der Waals surface area contributed by atoms with E-state index in [0.29, 0.717) is 6.42 Å². The number of ether oxygens (including phenoxy) is 1. The Morgan fingerprint density at radius 3 is 2.52 bits per heavy atom. The third-order valence-electron chi connectivity index (χ3n) is 3.28. The van der Waals surface area contributed by atoms with Crippen LogP contribution in [-0.4, -0.2) is 47.2 Å². The van der Waals surface area contributed by atoms with Gasteiger partial charge in [0.05, 0.1) is 12.7 Å². The number of carboxylic acids is 1. The minimum Gasteiger partial charge on any atom is -0.481 e. The molecule has 21 heavy (non-hydrogen) atoms. The van der Waals surface area contributed by atoms with E-state index in [2.05, 4.69) is 0 Å². The van der Waals surface area contributed by atoms with E-state index in [1.54, 1.807) is 0 Å². The van der Waals surface area contributed by atoms with Crippen LogP contribution in [0.25, 0.3) is 0 Å². The number of carboxylic acid groups (broad SMARTS) is 1. The molecule has 0 saturated heterocycles. The van der Waals surface area contributed by atoms with Gasteiger partial charge in [0, 0.05) is 19.4 Å². The zero-order valence-electron chi connectivity index (χ0n) is 13.2. The molecule has 5 nitrogen and oxygen atoms in total. The molecule has 0 aliphatic rings. The molecule has 0 spiro atoms. The first-order chi connectivity index (χ1) is 9.92. The number of aliphatic hydroxyl groups excluding tert-OH is 2. The Hall–Kier alpha value is -1.17. The van der Waals surface area contributed by atoms with Crippen LogP contribution in [0.4, 0.5) is 0 Å². The molecule has 0 aromatic carbocycles. The van der Waals surface area contributed by atoms with E-state index in [1.807, 2.05) is 32.1 Å². The van der Waals surface area contributed by atoms with E-state index in [9.17, 15) is 9.90 Å². The second-order valence-electron chi connectivity index (χ2n) is 5.29. The van der Waals surface area contributed by atoms with Crippen molar-refractivity contribution in [1.82, 2.24) is 0 Å².